The van der Waals surface area contributed by atoms with Gasteiger partial charge in [-0.2, -0.15) is 0 Å². The molecule has 0 atom stereocenters. The number of nitrogens with zero attached hydrogens (tertiary/aromatic N) is 1. The van der Waals surface area contributed by atoms with Crippen LogP contribution < -0.4 is 11.1 Å². The van der Waals surface area contributed by atoms with Crippen LogP contribution in [0.25, 0.3) is 0 Å². The maximum atomic E-state index is 10.8. The molecule has 0 saturated carbocycles. The fourth-order valence-electron chi connectivity index (χ4n) is 1.66. The van der Waals surface area contributed by atoms with Crippen molar-refractivity contribution in [1.82, 2.24) is 10.3 Å². The van der Waals surface area contributed by atoms with E-state index < -0.39 is 5.91 Å². The normalized spacial score (nSPS) is 17.1. The highest BCUT2D eigenvalue weighted by atomic mass is 35.5. The smallest absolute Gasteiger partial charge is 0.270 e. The third-order valence-corrected chi connectivity index (χ3v) is 2.46. The molecule has 1 aromatic heterocycles. The number of oxazole rings is 1. The van der Waals surface area contributed by atoms with E-state index in [9.17, 15) is 4.79 Å². The van der Waals surface area contributed by atoms with Crippen LogP contribution in [0, 0.1) is 0 Å². The molecule has 84 valence electrons. The highest BCUT2D eigenvalue weighted by molar-refractivity contribution is 5.90. The van der Waals surface area contributed by atoms with Crippen LogP contribution in [0.2, 0.25) is 0 Å². The van der Waals surface area contributed by atoms with E-state index in [1.165, 1.54) is 6.26 Å². The number of nitrogens with two attached hydrogens (primary N) is 1. The molecule has 0 unspecified atom stereocenters. The highest BCUT2D eigenvalue weighted by Gasteiger charge is 2.20. The average molecular weight is 232 g/mol. The molecule has 1 aliphatic rings. The molecule has 0 aliphatic carbocycles. The molecule has 1 fully saturated rings. The van der Waals surface area contributed by atoms with Gasteiger partial charge in [-0.1, -0.05) is 0 Å². The molecule has 0 aromatic carbocycles. The van der Waals surface area contributed by atoms with Crippen LogP contribution in [0.5, 0.6) is 0 Å². The van der Waals surface area contributed by atoms with E-state index in [4.69, 9.17) is 10.2 Å². The summed E-state index contributed by atoms with van der Waals surface area (Å²) in [4.78, 5) is 14.8. The van der Waals surface area contributed by atoms with E-state index >= 15 is 0 Å². The van der Waals surface area contributed by atoms with Crippen LogP contribution in [0.1, 0.15) is 35.1 Å². The number of piperidine rings is 1. The maximum absolute atomic E-state index is 10.8. The van der Waals surface area contributed by atoms with Crippen molar-refractivity contribution in [2.45, 2.75) is 18.8 Å². The first-order valence-electron chi connectivity index (χ1n) is 4.73. The third kappa shape index (κ3) is 2.70. The largest absolute Gasteiger partial charge is 0.448 e. The van der Waals surface area contributed by atoms with Crippen LogP contribution in [0.15, 0.2) is 10.7 Å². The van der Waals surface area contributed by atoms with Gasteiger partial charge in [-0.15, -0.1) is 12.4 Å². The minimum Gasteiger partial charge on any atom is -0.448 e. The van der Waals surface area contributed by atoms with Gasteiger partial charge in [-0.25, -0.2) is 4.98 Å². The number of nitrogens with one attached hydrogen (secondary N) is 1. The monoisotopic (exact) mass is 231 g/mol. The number of hydrogen-bond donors (Lipinski definition) is 2. The Labute approximate surface area is 93.8 Å². The van der Waals surface area contributed by atoms with Gasteiger partial charge in [0.1, 0.15) is 6.26 Å². The SMILES string of the molecule is Cl.NC(=O)c1coc(C2CCNCC2)n1. The van der Waals surface area contributed by atoms with Gasteiger partial charge in [0.05, 0.1) is 0 Å². The third-order valence-electron chi connectivity index (χ3n) is 2.46. The number of carbonyl (C=O) groups excluding carboxylic acids is 1. The number of amides is 1. The Morgan fingerprint density at radius 1 is 1.53 bits per heavy atom. The second-order valence-corrected chi connectivity index (χ2v) is 3.46. The Morgan fingerprint density at radius 3 is 2.73 bits per heavy atom. The maximum Gasteiger partial charge on any atom is 0.270 e. The summed E-state index contributed by atoms with van der Waals surface area (Å²) in [5.74, 6) is 0.429. The Bertz CT molecular complexity index is 334. The first kappa shape index (κ1) is 12.0. The van der Waals surface area contributed by atoms with Gasteiger partial charge in [0.2, 0.25) is 0 Å². The number of hydrogen-bond acceptors (Lipinski definition) is 4. The molecule has 0 bridgehead atoms. The lowest BCUT2D eigenvalue weighted by Crippen LogP contribution is -2.26. The lowest BCUT2D eigenvalue weighted by atomic mass is 9.98. The van der Waals surface area contributed by atoms with Crippen molar-refractivity contribution < 1.29 is 9.21 Å². The number of rotatable bonds is 2. The van der Waals surface area contributed by atoms with E-state index in [0.29, 0.717) is 11.8 Å². The molecule has 2 rings (SSSR count). The predicted molar refractivity (Wildman–Crippen MR) is 57.1 cm³/mol. The number of halogens is 1. The first-order chi connectivity index (χ1) is 6.77. The summed E-state index contributed by atoms with van der Waals surface area (Å²) in [6.45, 7) is 1.94. The summed E-state index contributed by atoms with van der Waals surface area (Å²) in [5.41, 5.74) is 5.30. The first-order valence-corrected chi connectivity index (χ1v) is 4.73. The van der Waals surface area contributed by atoms with Crippen molar-refractivity contribution in [2.24, 2.45) is 5.73 Å². The van der Waals surface area contributed by atoms with Gasteiger partial charge in [0.15, 0.2) is 11.6 Å². The summed E-state index contributed by atoms with van der Waals surface area (Å²) >= 11 is 0. The summed E-state index contributed by atoms with van der Waals surface area (Å²) < 4.78 is 5.23. The molecule has 0 radical (unpaired) electrons. The molecule has 1 saturated heterocycles. The molecular weight excluding hydrogens is 218 g/mol. The van der Waals surface area contributed by atoms with Gasteiger partial charge in [0.25, 0.3) is 5.91 Å². The van der Waals surface area contributed by atoms with Crippen molar-refractivity contribution in [1.29, 1.82) is 0 Å². The zero-order valence-corrected chi connectivity index (χ0v) is 9.05. The quantitative estimate of drug-likeness (QED) is 0.784. The lowest BCUT2D eigenvalue weighted by molar-refractivity contribution is 0.0995. The van der Waals surface area contributed by atoms with E-state index in [-0.39, 0.29) is 18.1 Å². The molecule has 5 nitrogen and oxygen atoms in total. The molecular formula is C9H14ClN3O2. The van der Waals surface area contributed by atoms with Crippen molar-refractivity contribution >= 4 is 18.3 Å². The molecule has 6 heteroatoms. The second kappa shape index (κ2) is 5.14. The second-order valence-electron chi connectivity index (χ2n) is 3.46. The van der Waals surface area contributed by atoms with E-state index in [1.54, 1.807) is 0 Å². The Hall–Kier alpha value is -1.07. The molecule has 3 N–H and O–H groups in total. The average Bonchev–Trinajstić information content (AvgIpc) is 2.68. The van der Waals surface area contributed by atoms with E-state index in [0.717, 1.165) is 25.9 Å². The van der Waals surface area contributed by atoms with Crippen molar-refractivity contribution in [3.05, 3.63) is 17.8 Å². The van der Waals surface area contributed by atoms with Gasteiger partial charge in [-0.3, -0.25) is 4.79 Å². The minimum atomic E-state index is -0.533. The fraction of sp³-hybridized carbons (Fsp3) is 0.556. The van der Waals surface area contributed by atoms with Gasteiger partial charge >= 0.3 is 0 Å². The van der Waals surface area contributed by atoms with Gasteiger partial charge in [-0.05, 0) is 25.9 Å². The van der Waals surface area contributed by atoms with Gasteiger partial charge in [0, 0.05) is 5.92 Å². The Kier molecular flexibility index (Phi) is 4.11. The fourth-order valence-corrected chi connectivity index (χ4v) is 1.66. The van der Waals surface area contributed by atoms with Gasteiger partial charge < -0.3 is 15.5 Å². The molecule has 1 aromatic rings. The van der Waals surface area contributed by atoms with E-state index in [2.05, 4.69) is 10.3 Å². The van der Waals surface area contributed by atoms with E-state index in [1.807, 2.05) is 0 Å². The van der Waals surface area contributed by atoms with Crippen LogP contribution >= 0.6 is 12.4 Å². The summed E-state index contributed by atoms with van der Waals surface area (Å²) in [7, 11) is 0. The van der Waals surface area contributed by atoms with Crippen LogP contribution in [0.3, 0.4) is 0 Å². The van der Waals surface area contributed by atoms with Crippen LogP contribution in [-0.2, 0) is 0 Å². The van der Waals surface area contributed by atoms with Crippen LogP contribution in [-0.4, -0.2) is 24.0 Å². The minimum absolute atomic E-state index is 0. The number of aromatic nitrogens is 1. The Morgan fingerprint density at radius 2 is 2.20 bits per heavy atom. The molecule has 2 heterocycles. The summed E-state index contributed by atoms with van der Waals surface area (Å²) in [6.07, 6.45) is 3.33. The van der Waals surface area contributed by atoms with Crippen molar-refractivity contribution in [3.8, 4) is 0 Å². The molecule has 1 amide bonds. The highest BCUT2D eigenvalue weighted by Crippen LogP contribution is 2.24. The standard InChI is InChI=1S/C9H13N3O2.ClH/c10-8(13)7-5-14-9(12-7)6-1-3-11-4-2-6;/h5-6,11H,1-4H2,(H2,10,13);1H. The zero-order chi connectivity index (χ0) is 9.97. The zero-order valence-electron chi connectivity index (χ0n) is 8.23. The molecule has 0 spiro atoms. The molecule has 15 heavy (non-hydrogen) atoms. The topological polar surface area (TPSA) is 81.2 Å². The number of carbonyl (C=O) groups is 1. The summed E-state index contributed by atoms with van der Waals surface area (Å²) in [6, 6.07) is 0. The molecule has 1 aliphatic heterocycles. The van der Waals surface area contributed by atoms with Crippen molar-refractivity contribution in [2.75, 3.05) is 13.1 Å². The predicted octanol–water partition coefficient (Wildman–Crippen LogP) is 0.662. The Balaban J connectivity index is 0.00000112. The van der Waals surface area contributed by atoms with Crippen molar-refractivity contribution in [3.63, 3.8) is 0 Å². The lowest BCUT2D eigenvalue weighted by Gasteiger charge is -2.19. The van der Waals surface area contributed by atoms with Crippen LogP contribution in [0.4, 0.5) is 0 Å². The number of primary amides is 1. The summed E-state index contributed by atoms with van der Waals surface area (Å²) in [5, 5.41) is 3.25.